The van der Waals surface area contributed by atoms with Crippen molar-refractivity contribution in [1.82, 2.24) is 5.32 Å². The van der Waals surface area contributed by atoms with Crippen molar-refractivity contribution in [2.45, 2.75) is 19.1 Å². The summed E-state index contributed by atoms with van der Waals surface area (Å²) >= 11 is 0. The molecule has 2 heterocycles. The number of nitrogens with one attached hydrogen (secondary N) is 3. The lowest BCUT2D eigenvalue weighted by molar-refractivity contribution is -0.674. The van der Waals surface area contributed by atoms with E-state index in [9.17, 15) is 9.59 Å². The molecule has 0 saturated carbocycles. The van der Waals surface area contributed by atoms with Gasteiger partial charge in [-0.25, -0.2) is 9.59 Å². The van der Waals surface area contributed by atoms with E-state index < -0.39 is 12.1 Å². The summed E-state index contributed by atoms with van der Waals surface area (Å²) in [6.07, 6.45) is 3.44. The molecule has 3 N–H and O–H groups in total. The molecule has 4 rings (SSSR count). The molecule has 0 bridgehead atoms. The zero-order chi connectivity index (χ0) is 23.9. The number of aryl methyl sites for hydroxylation is 1. The standard InChI is InChI=1S/C24H26N4O6/c1-28-13-22(33-15-28)20-7-6-18(11-21(20)31-2)27-23(29)26-17-5-3-4-16(10-17)12-25-24(30)34-19-8-9-32-14-19/h3-7,10-11,13,15,19H,8-9,12,14H2,1-2H3,(H2-,25,26,27,29,30)/p+1/t19-/m0/s1. The van der Waals surface area contributed by atoms with Crippen molar-refractivity contribution in [1.29, 1.82) is 0 Å². The number of anilines is 2. The van der Waals surface area contributed by atoms with E-state index in [1.165, 1.54) is 0 Å². The Morgan fingerprint density at radius 2 is 1.97 bits per heavy atom. The summed E-state index contributed by atoms with van der Waals surface area (Å²) in [5.74, 6) is 1.22. The highest BCUT2D eigenvalue weighted by Crippen LogP contribution is 2.32. The van der Waals surface area contributed by atoms with Gasteiger partial charge in [-0.1, -0.05) is 12.1 Å². The predicted octanol–water partition coefficient (Wildman–Crippen LogP) is 3.44. The Bertz CT molecular complexity index is 1160. The molecule has 1 aliphatic rings. The lowest BCUT2D eigenvalue weighted by Crippen LogP contribution is -2.28. The van der Waals surface area contributed by atoms with Crippen LogP contribution in [0.25, 0.3) is 11.3 Å². The Balaban J connectivity index is 1.32. The average Bonchev–Trinajstić information content (AvgIpc) is 3.49. The topological polar surface area (TPSA) is 115 Å². The van der Waals surface area contributed by atoms with Gasteiger partial charge in [0.25, 0.3) is 0 Å². The highest BCUT2D eigenvalue weighted by Gasteiger charge is 2.19. The highest BCUT2D eigenvalue weighted by atomic mass is 16.6. The second kappa shape index (κ2) is 10.7. The maximum atomic E-state index is 12.5. The smallest absolute Gasteiger partial charge is 0.407 e. The summed E-state index contributed by atoms with van der Waals surface area (Å²) < 4.78 is 23.2. The Labute approximate surface area is 196 Å². The van der Waals surface area contributed by atoms with Gasteiger partial charge in [0.15, 0.2) is 0 Å². The molecule has 1 saturated heterocycles. The molecule has 3 amide bonds. The zero-order valence-corrected chi connectivity index (χ0v) is 19.0. The minimum absolute atomic E-state index is 0.202. The predicted molar refractivity (Wildman–Crippen MR) is 124 cm³/mol. The summed E-state index contributed by atoms with van der Waals surface area (Å²) in [7, 11) is 3.42. The maximum absolute atomic E-state index is 12.5. The van der Waals surface area contributed by atoms with E-state index in [1.807, 2.05) is 25.4 Å². The van der Waals surface area contributed by atoms with Gasteiger partial charge in [-0.3, -0.25) is 0 Å². The Kier molecular flexibility index (Phi) is 7.28. The number of urea groups is 1. The summed E-state index contributed by atoms with van der Waals surface area (Å²) in [5, 5.41) is 8.29. The molecule has 3 aromatic rings. The fraction of sp³-hybridized carbons (Fsp3) is 0.292. The van der Waals surface area contributed by atoms with E-state index in [0.717, 1.165) is 11.1 Å². The van der Waals surface area contributed by atoms with Gasteiger partial charge < -0.3 is 34.6 Å². The van der Waals surface area contributed by atoms with Gasteiger partial charge >= 0.3 is 18.5 Å². The van der Waals surface area contributed by atoms with Gasteiger partial charge in [0, 0.05) is 30.4 Å². The number of hydrogen-bond donors (Lipinski definition) is 3. The van der Waals surface area contributed by atoms with E-state index in [4.69, 9.17) is 18.6 Å². The number of benzene rings is 2. The van der Waals surface area contributed by atoms with Crippen molar-refractivity contribution in [3.8, 4) is 17.1 Å². The zero-order valence-electron chi connectivity index (χ0n) is 19.0. The van der Waals surface area contributed by atoms with Crippen LogP contribution >= 0.6 is 0 Å². The normalized spacial score (nSPS) is 14.9. The second-order valence-corrected chi connectivity index (χ2v) is 7.82. The number of rotatable bonds is 7. The van der Waals surface area contributed by atoms with Crippen LogP contribution in [0.15, 0.2) is 59.5 Å². The van der Waals surface area contributed by atoms with Crippen LogP contribution in [-0.4, -0.2) is 38.6 Å². The first kappa shape index (κ1) is 23.1. The molecule has 10 nitrogen and oxygen atoms in total. The highest BCUT2D eigenvalue weighted by molar-refractivity contribution is 6.00. The molecular formula is C24H27N4O6+. The van der Waals surface area contributed by atoms with E-state index in [1.54, 1.807) is 48.4 Å². The van der Waals surface area contributed by atoms with Crippen molar-refractivity contribution in [3.63, 3.8) is 0 Å². The minimum atomic E-state index is -0.493. The number of carbonyl (C=O) groups is 2. The van der Waals surface area contributed by atoms with Gasteiger partial charge in [0.05, 0.1) is 25.9 Å². The number of alkyl carbamates (subject to hydrolysis) is 1. The van der Waals surface area contributed by atoms with Crippen LogP contribution in [0.5, 0.6) is 5.75 Å². The largest absolute Gasteiger partial charge is 0.496 e. The lowest BCUT2D eigenvalue weighted by Gasteiger charge is -2.13. The molecule has 10 heteroatoms. The van der Waals surface area contributed by atoms with Crippen molar-refractivity contribution in [2.75, 3.05) is 31.0 Å². The van der Waals surface area contributed by atoms with Crippen molar-refractivity contribution in [3.05, 3.63) is 60.6 Å². The van der Waals surface area contributed by atoms with Crippen LogP contribution < -0.4 is 25.3 Å². The van der Waals surface area contributed by atoms with Crippen LogP contribution in [0, 0.1) is 0 Å². The number of aromatic nitrogens is 1. The van der Waals surface area contributed by atoms with Gasteiger partial charge in [0.1, 0.15) is 18.9 Å². The summed E-state index contributed by atoms with van der Waals surface area (Å²) in [6, 6.07) is 12.1. The van der Waals surface area contributed by atoms with Crippen LogP contribution in [0.2, 0.25) is 0 Å². The van der Waals surface area contributed by atoms with E-state index in [2.05, 4.69) is 16.0 Å². The third-order valence-electron chi connectivity index (χ3n) is 5.17. The first-order valence-electron chi connectivity index (χ1n) is 10.8. The van der Waals surface area contributed by atoms with Crippen LogP contribution in [0.4, 0.5) is 21.0 Å². The molecule has 0 aliphatic carbocycles. The molecule has 1 fully saturated rings. The fourth-order valence-corrected chi connectivity index (χ4v) is 3.52. The third-order valence-corrected chi connectivity index (χ3v) is 5.17. The fourth-order valence-electron chi connectivity index (χ4n) is 3.52. The monoisotopic (exact) mass is 467 g/mol. The van der Waals surface area contributed by atoms with Gasteiger partial charge in [-0.2, -0.15) is 4.57 Å². The molecule has 34 heavy (non-hydrogen) atoms. The number of carbonyl (C=O) groups excluding carboxylic acids is 2. The van der Waals surface area contributed by atoms with Gasteiger partial charge in [-0.05, 0) is 29.8 Å². The lowest BCUT2D eigenvalue weighted by atomic mass is 10.1. The number of oxazole rings is 1. The summed E-state index contributed by atoms with van der Waals surface area (Å²) in [5.41, 5.74) is 2.73. The number of hydrogen-bond acceptors (Lipinski definition) is 6. The molecule has 1 aromatic heterocycles. The van der Waals surface area contributed by atoms with Crippen molar-refractivity contribution in [2.24, 2.45) is 7.05 Å². The number of nitrogens with zero attached hydrogens (tertiary/aromatic N) is 1. The van der Waals surface area contributed by atoms with Crippen LogP contribution in [0.3, 0.4) is 0 Å². The minimum Gasteiger partial charge on any atom is -0.496 e. The Hall–Kier alpha value is -4.05. The molecule has 178 valence electrons. The quantitative estimate of drug-likeness (QED) is 0.459. The molecule has 0 radical (unpaired) electrons. The van der Waals surface area contributed by atoms with Gasteiger partial charge in [0.2, 0.25) is 12.0 Å². The number of ether oxygens (including phenoxy) is 3. The SMILES string of the molecule is COc1cc(NC(=O)Nc2cccc(CNC(=O)O[C@H]3CCOC3)c2)ccc1-c1c[n+](C)co1. The van der Waals surface area contributed by atoms with Crippen molar-refractivity contribution >= 4 is 23.5 Å². The molecule has 2 aromatic carbocycles. The summed E-state index contributed by atoms with van der Waals surface area (Å²) in [6.45, 7) is 1.30. The maximum Gasteiger partial charge on any atom is 0.407 e. The van der Waals surface area contributed by atoms with Crippen LogP contribution in [0.1, 0.15) is 12.0 Å². The molecule has 0 unspecified atom stereocenters. The molecular weight excluding hydrogens is 440 g/mol. The Morgan fingerprint density at radius 1 is 1.15 bits per heavy atom. The first-order chi connectivity index (χ1) is 16.5. The first-order valence-corrected chi connectivity index (χ1v) is 10.8. The van der Waals surface area contributed by atoms with Crippen molar-refractivity contribution < 1.29 is 32.8 Å². The van der Waals surface area contributed by atoms with E-state index >= 15 is 0 Å². The molecule has 1 aliphatic heterocycles. The number of methoxy groups -OCH3 is 1. The third kappa shape index (κ3) is 6.04. The second-order valence-electron chi connectivity index (χ2n) is 7.82. The van der Waals surface area contributed by atoms with Gasteiger partial charge in [-0.15, -0.1) is 0 Å². The van der Waals surface area contributed by atoms with E-state index in [-0.39, 0.29) is 12.6 Å². The molecule has 1 atom stereocenters. The average molecular weight is 468 g/mol. The van der Waals surface area contributed by atoms with Crippen LogP contribution in [-0.2, 0) is 23.1 Å². The summed E-state index contributed by atoms with van der Waals surface area (Å²) in [4.78, 5) is 24.4. The molecule has 0 spiro atoms. The number of amides is 3. The Morgan fingerprint density at radius 3 is 2.68 bits per heavy atom. The van der Waals surface area contributed by atoms with E-state index in [0.29, 0.717) is 42.5 Å².